The zero-order chi connectivity index (χ0) is 20.7. The molecule has 0 aromatic carbocycles. The molecule has 2 heterocycles. The summed E-state index contributed by atoms with van der Waals surface area (Å²) < 4.78 is 6.43. The zero-order valence-electron chi connectivity index (χ0n) is 16.5. The number of aliphatic hydroxyl groups is 3. The van der Waals surface area contributed by atoms with Gasteiger partial charge in [0.1, 0.15) is 23.4 Å². The molecule has 156 valence electrons. The monoisotopic (exact) mass is 394 g/mol. The minimum absolute atomic E-state index is 0.0759. The lowest BCUT2D eigenvalue weighted by atomic mass is 9.96. The highest BCUT2D eigenvalue weighted by atomic mass is 16.6. The SMILES string of the molecule is CCCCCCCCC#Cc1cn([C@@H]2O[C@H](CO)[C@@H](O)[C@@]2(C)O)c(=O)[nH]c1=O. The zero-order valence-corrected chi connectivity index (χ0v) is 16.5. The van der Waals surface area contributed by atoms with Gasteiger partial charge in [-0.2, -0.15) is 0 Å². The van der Waals surface area contributed by atoms with E-state index in [-0.39, 0.29) is 5.56 Å². The van der Waals surface area contributed by atoms with Gasteiger partial charge in [0.2, 0.25) is 0 Å². The Morgan fingerprint density at radius 2 is 1.93 bits per heavy atom. The average Bonchev–Trinajstić information content (AvgIpc) is 2.88. The van der Waals surface area contributed by atoms with Gasteiger partial charge in [-0.3, -0.25) is 14.3 Å². The number of rotatable bonds is 8. The Morgan fingerprint density at radius 3 is 2.57 bits per heavy atom. The second-order valence-electron chi connectivity index (χ2n) is 7.41. The number of hydrogen-bond acceptors (Lipinski definition) is 6. The van der Waals surface area contributed by atoms with Gasteiger partial charge in [-0.1, -0.05) is 50.9 Å². The van der Waals surface area contributed by atoms with E-state index in [1.165, 1.54) is 38.8 Å². The maximum atomic E-state index is 12.2. The van der Waals surface area contributed by atoms with Gasteiger partial charge in [0, 0.05) is 12.6 Å². The van der Waals surface area contributed by atoms with E-state index in [0.717, 1.165) is 17.4 Å². The van der Waals surface area contributed by atoms with Crippen molar-refractivity contribution >= 4 is 0 Å². The molecule has 0 saturated carbocycles. The van der Waals surface area contributed by atoms with Crippen molar-refractivity contribution < 1.29 is 20.1 Å². The molecular weight excluding hydrogens is 364 g/mol. The average molecular weight is 394 g/mol. The van der Waals surface area contributed by atoms with Crippen molar-refractivity contribution in [3.8, 4) is 11.8 Å². The predicted octanol–water partition coefficient (Wildman–Crippen LogP) is 0.640. The van der Waals surface area contributed by atoms with Crippen molar-refractivity contribution in [1.29, 1.82) is 0 Å². The number of unbranched alkanes of at least 4 members (excludes halogenated alkanes) is 6. The quantitative estimate of drug-likeness (QED) is 0.379. The van der Waals surface area contributed by atoms with E-state index in [1.807, 2.05) is 0 Å². The molecule has 8 heteroatoms. The third kappa shape index (κ3) is 5.11. The molecule has 8 nitrogen and oxygen atoms in total. The van der Waals surface area contributed by atoms with E-state index < -0.39 is 41.9 Å². The molecule has 0 spiro atoms. The molecule has 1 aliphatic rings. The number of nitrogens with zero attached hydrogens (tertiary/aromatic N) is 1. The molecule has 28 heavy (non-hydrogen) atoms. The molecule has 0 unspecified atom stereocenters. The Kier molecular flexibility index (Phi) is 8.01. The number of aromatic amines is 1. The predicted molar refractivity (Wildman–Crippen MR) is 104 cm³/mol. The summed E-state index contributed by atoms with van der Waals surface area (Å²) >= 11 is 0. The topological polar surface area (TPSA) is 125 Å². The molecular formula is C20H30N2O6. The number of ether oxygens (including phenoxy) is 1. The number of hydrogen-bond donors (Lipinski definition) is 4. The maximum Gasteiger partial charge on any atom is 0.330 e. The van der Waals surface area contributed by atoms with Gasteiger partial charge in [0.25, 0.3) is 5.56 Å². The summed E-state index contributed by atoms with van der Waals surface area (Å²) in [6, 6.07) is 0. The van der Waals surface area contributed by atoms with Gasteiger partial charge in [0.05, 0.1) is 6.61 Å². The fraction of sp³-hybridized carbons (Fsp3) is 0.700. The Balaban J connectivity index is 2.12. The van der Waals surface area contributed by atoms with Crippen LogP contribution in [0.5, 0.6) is 0 Å². The number of aliphatic hydroxyl groups excluding tert-OH is 2. The third-order valence-electron chi connectivity index (χ3n) is 5.03. The van der Waals surface area contributed by atoms with Crippen LogP contribution in [0.1, 0.15) is 70.6 Å². The van der Waals surface area contributed by atoms with Gasteiger partial charge in [-0.15, -0.1) is 0 Å². The first-order valence-corrected chi connectivity index (χ1v) is 9.84. The summed E-state index contributed by atoms with van der Waals surface area (Å²) in [6.07, 6.45) is 5.04. The van der Waals surface area contributed by atoms with E-state index in [9.17, 15) is 24.9 Å². The summed E-state index contributed by atoms with van der Waals surface area (Å²) in [5.74, 6) is 5.71. The van der Waals surface area contributed by atoms with Crippen LogP contribution in [0, 0.1) is 11.8 Å². The fourth-order valence-corrected chi connectivity index (χ4v) is 3.29. The summed E-state index contributed by atoms with van der Waals surface area (Å²) in [4.78, 5) is 26.4. The second kappa shape index (κ2) is 10.0. The second-order valence-corrected chi connectivity index (χ2v) is 7.41. The molecule has 1 fully saturated rings. The van der Waals surface area contributed by atoms with Crippen LogP contribution in [0.3, 0.4) is 0 Å². The Labute approximate surface area is 164 Å². The van der Waals surface area contributed by atoms with Gasteiger partial charge in [-0.25, -0.2) is 4.79 Å². The van der Waals surface area contributed by atoms with Crippen molar-refractivity contribution in [2.45, 2.75) is 82.8 Å². The number of aromatic nitrogens is 2. The molecule has 0 amide bonds. The van der Waals surface area contributed by atoms with Crippen LogP contribution in [0.2, 0.25) is 0 Å². The van der Waals surface area contributed by atoms with Crippen molar-refractivity contribution in [2.75, 3.05) is 6.61 Å². The number of nitrogens with one attached hydrogen (secondary N) is 1. The molecule has 1 aliphatic heterocycles. The van der Waals surface area contributed by atoms with Crippen LogP contribution in [0.15, 0.2) is 15.8 Å². The third-order valence-corrected chi connectivity index (χ3v) is 5.03. The molecule has 0 radical (unpaired) electrons. The highest BCUT2D eigenvalue weighted by molar-refractivity contribution is 5.29. The standard InChI is InChI=1S/C20H30N2O6/c1-3-4-5-6-7-8-9-10-11-14-12-22(19(26)21-17(14)25)18-20(2,27)16(24)15(13-23)28-18/h12,15-16,18,23-24,27H,3-9,13H2,1-2H3,(H,21,25,26)/t15-,16-,18-,20-/m1/s1. The minimum atomic E-state index is -1.82. The molecule has 1 aromatic rings. The molecule has 4 N–H and O–H groups in total. The van der Waals surface area contributed by atoms with Crippen LogP contribution < -0.4 is 11.2 Å². The van der Waals surface area contributed by atoms with Crippen LogP contribution in [-0.2, 0) is 4.74 Å². The van der Waals surface area contributed by atoms with Crippen molar-refractivity contribution in [1.82, 2.24) is 9.55 Å². The molecule has 4 atom stereocenters. The minimum Gasteiger partial charge on any atom is -0.394 e. The molecule has 0 aliphatic carbocycles. The van der Waals surface area contributed by atoms with Gasteiger partial charge in [0.15, 0.2) is 6.23 Å². The van der Waals surface area contributed by atoms with Gasteiger partial charge in [-0.05, 0) is 13.3 Å². The Bertz CT molecular complexity index is 816. The fourth-order valence-electron chi connectivity index (χ4n) is 3.29. The van der Waals surface area contributed by atoms with E-state index in [2.05, 4.69) is 23.7 Å². The van der Waals surface area contributed by atoms with Crippen LogP contribution in [-0.4, -0.2) is 49.3 Å². The molecule has 2 rings (SSSR count). The highest BCUT2D eigenvalue weighted by Gasteiger charge is 2.53. The first-order chi connectivity index (χ1) is 13.3. The first-order valence-electron chi connectivity index (χ1n) is 9.84. The molecule has 1 saturated heterocycles. The van der Waals surface area contributed by atoms with Crippen LogP contribution in [0.25, 0.3) is 0 Å². The van der Waals surface area contributed by atoms with Gasteiger partial charge < -0.3 is 20.1 Å². The Hall–Kier alpha value is -1.92. The van der Waals surface area contributed by atoms with Crippen LogP contribution in [0.4, 0.5) is 0 Å². The highest BCUT2D eigenvalue weighted by Crippen LogP contribution is 2.37. The molecule has 1 aromatic heterocycles. The first kappa shape index (κ1) is 22.4. The van der Waals surface area contributed by atoms with Crippen molar-refractivity contribution in [3.63, 3.8) is 0 Å². The van der Waals surface area contributed by atoms with Crippen LogP contribution >= 0.6 is 0 Å². The lowest BCUT2D eigenvalue weighted by Gasteiger charge is -2.27. The summed E-state index contributed by atoms with van der Waals surface area (Å²) in [5, 5.41) is 29.9. The van der Waals surface area contributed by atoms with E-state index >= 15 is 0 Å². The molecule has 0 bridgehead atoms. The lowest BCUT2D eigenvalue weighted by molar-refractivity contribution is -0.0987. The normalized spacial score (nSPS) is 26.8. The number of H-pyrrole nitrogens is 1. The largest absolute Gasteiger partial charge is 0.394 e. The summed E-state index contributed by atoms with van der Waals surface area (Å²) in [7, 11) is 0. The summed E-state index contributed by atoms with van der Waals surface area (Å²) in [5.41, 5.74) is -3.15. The Morgan fingerprint density at radius 1 is 1.25 bits per heavy atom. The van der Waals surface area contributed by atoms with Crippen molar-refractivity contribution in [3.05, 3.63) is 32.6 Å². The maximum absolute atomic E-state index is 12.2. The van der Waals surface area contributed by atoms with Gasteiger partial charge >= 0.3 is 5.69 Å². The summed E-state index contributed by atoms with van der Waals surface area (Å²) in [6.45, 7) is 2.96. The smallest absolute Gasteiger partial charge is 0.330 e. The lowest BCUT2D eigenvalue weighted by Crippen LogP contribution is -2.47. The van der Waals surface area contributed by atoms with E-state index in [0.29, 0.717) is 6.42 Å². The van der Waals surface area contributed by atoms with E-state index in [4.69, 9.17) is 4.74 Å². The van der Waals surface area contributed by atoms with E-state index in [1.54, 1.807) is 0 Å². The van der Waals surface area contributed by atoms with Crippen molar-refractivity contribution in [2.24, 2.45) is 0 Å².